The third-order valence-electron chi connectivity index (χ3n) is 2.95. The molecule has 0 saturated heterocycles. The molecule has 0 fully saturated rings. The fourth-order valence-corrected chi connectivity index (χ4v) is 1.86. The highest BCUT2D eigenvalue weighted by atomic mass is 19.1. The van der Waals surface area contributed by atoms with Crippen molar-refractivity contribution in [1.82, 2.24) is 0 Å². The Bertz CT molecular complexity index is 656. The zero-order chi connectivity index (χ0) is 14.7. The summed E-state index contributed by atoms with van der Waals surface area (Å²) in [5, 5.41) is 11.8. The van der Waals surface area contributed by atoms with Gasteiger partial charge >= 0.3 is 5.97 Å². The molecule has 0 spiro atoms. The molecule has 0 amide bonds. The van der Waals surface area contributed by atoms with Crippen molar-refractivity contribution in [1.29, 1.82) is 0 Å². The van der Waals surface area contributed by atoms with E-state index in [-0.39, 0.29) is 17.7 Å². The van der Waals surface area contributed by atoms with E-state index in [4.69, 9.17) is 5.11 Å². The van der Waals surface area contributed by atoms with Crippen LogP contribution in [0.15, 0.2) is 36.4 Å². The van der Waals surface area contributed by atoms with E-state index in [0.717, 1.165) is 23.8 Å². The predicted octanol–water partition coefficient (Wildman–Crippen LogP) is 3.58. The Morgan fingerprint density at radius 3 is 2.60 bits per heavy atom. The summed E-state index contributed by atoms with van der Waals surface area (Å²) in [6.45, 7) is 1.87. The van der Waals surface area contributed by atoms with Crippen LogP contribution in [0.4, 0.5) is 14.5 Å². The lowest BCUT2D eigenvalue weighted by Crippen LogP contribution is -2.05. The van der Waals surface area contributed by atoms with Crippen molar-refractivity contribution < 1.29 is 18.7 Å². The van der Waals surface area contributed by atoms with E-state index < -0.39 is 17.6 Å². The van der Waals surface area contributed by atoms with Crippen LogP contribution in [0.2, 0.25) is 0 Å². The Morgan fingerprint density at radius 1 is 1.20 bits per heavy atom. The van der Waals surface area contributed by atoms with Crippen LogP contribution in [0.25, 0.3) is 0 Å². The Labute approximate surface area is 114 Å². The Hall–Kier alpha value is -2.43. The van der Waals surface area contributed by atoms with Crippen molar-refractivity contribution in [3.63, 3.8) is 0 Å². The number of benzene rings is 2. The summed E-state index contributed by atoms with van der Waals surface area (Å²) < 4.78 is 26.5. The number of hydrogen-bond donors (Lipinski definition) is 2. The molecular formula is C15H13F2NO2. The number of hydrogen-bond acceptors (Lipinski definition) is 2. The summed E-state index contributed by atoms with van der Waals surface area (Å²) in [6, 6.07) is 7.85. The second-order valence-electron chi connectivity index (χ2n) is 4.42. The van der Waals surface area contributed by atoms with E-state index in [1.54, 1.807) is 13.0 Å². The lowest BCUT2D eigenvalue weighted by Gasteiger charge is -2.11. The molecule has 20 heavy (non-hydrogen) atoms. The smallest absolute Gasteiger partial charge is 0.335 e. The quantitative estimate of drug-likeness (QED) is 0.898. The first kappa shape index (κ1) is 14.0. The molecule has 0 atom stereocenters. The van der Waals surface area contributed by atoms with Crippen molar-refractivity contribution >= 4 is 11.7 Å². The summed E-state index contributed by atoms with van der Waals surface area (Å²) >= 11 is 0. The number of aryl methyl sites for hydroxylation is 1. The van der Waals surface area contributed by atoms with Gasteiger partial charge in [-0.2, -0.15) is 0 Å². The lowest BCUT2D eigenvalue weighted by molar-refractivity contribution is 0.0697. The van der Waals surface area contributed by atoms with Gasteiger partial charge in [-0.1, -0.05) is 0 Å². The van der Waals surface area contributed by atoms with Crippen molar-refractivity contribution in [2.75, 3.05) is 5.32 Å². The molecule has 2 rings (SSSR count). The summed E-state index contributed by atoms with van der Waals surface area (Å²) in [4.78, 5) is 10.8. The van der Waals surface area contributed by atoms with E-state index >= 15 is 0 Å². The van der Waals surface area contributed by atoms with Crippen LogP contribution in [-0.4, -0.2) is 11.1 Å². The fraction of sp³-hybridized carbons (Fsp3) is 0.133. The highest BCUT2D eigenvalue weighted by Crippen LogP contribution is 2.18. The Balaban J connectivity index is 2.15. The van der Waals surface area contributed by atoms with Gasteiger partial charge in [0.15, 0.2) is 0 Å². The second kappa shape index (κ2) is 5.69. The van der Waals surface area contributed by atoms with E-state index in [9.17, 15) is 13.6 Å². The van der Waals surface area contributed by atoms with E-state index in [1.807, 2.05) is 0 Å². The highest BCUT2D eigenvalue weighted by Gasteiger charge is 2.07. The fourth-order valence-electron chi connectivity index (χ4n) is 1.86. The molecule has 2 aromatic rings. The van der Waals surface area contributed by atoms with Gasteiger partial charge in [0.05, 0.1) is 5.56 Å². The molecule has 0 saturated carbocycles. The Morgan fingerprint density at radius 2 is 1.95 bits per heavy atom. The van der Waals surface area contributed by atoms with E-state index in [2.05, 4.69) is 5.32 Å². The van der Waals surface area contributed by atoms with Gasteiger partial charge in [0, 0.05) is 17.8 Å². The van der Waals surface area contributed by atoms with Gasteiger partial charge in [-0.15, -0.1) is 0 Å². The van der Waals surface area contributed by atoms with Crippen LogP contribution >= 0.6 is 0 Å². The SMILES string of the molecule is Cc1cc(C(=O)O)ccc1NCc1cc(F)ccc1F. The number of rotatable bonds is 4. The lowest BCUT2D eigenvalue weighted by atomic mass is 10.1. The molecule has 2 aromatic carbocycles. The van der Waals surface area contributed by atoms with Gasteiger partial charge in [-0.3, -0.25) is 0 Å². The summed E-state index contributed by atoms with van der Waals surface area (Å²) in [7, 11) is 0. The molecule has 0 unspecified atom stereocenters. The average Bonchev–Trinajstić information content (AvgIpc) is 2.40. The van der Waals surface area contributed by atoms with Crippen molar-refractivity contribution in [3.8, 4) is 0 Å². The molecule has 0 aliphatic heterocycles. The van der Waals surface area contributed by atoms with Crippen LogP contribution in [0, 0.1) is 18.6 Å². The number of carboxylic acid groups (broad SMARTS) is 1. The second-order valence-corrected chi connectivity index (χ2v) is 4.42. The summed E-state index contributed by atoms with van der Waals surface area (Å²) in [5.74, 6) is -1.99. The molecule has 0 aliphatic rings. The predicted molar refractivity (Wildman–Crippen MR) is 71.8 cm³/mol. The average molecular weight is 277 g/mol. The first-order valence-corrected chi connectivity index (χ1v) is 5.99. The van der Waals surface area contributed by atoms with Crippen LogP contribution in [-0.2, 0) is 6.54 Å². The van der Waals surface area contributed by atoms with E-state index in [0.29, 0.717) is 5.69 Å². The first-order valence-electron chi connectivity index (χ1n) is 5.99. The van der Waals surface area contributed by atoms with Gasteiger partial charge in [0.25, 0.3) is 0 Å². The summed E-state index contributed by atoms with van der Waals surface area (Å²) in [5.41, 5.74) is 1.80. The first-order chi connectivity index (χ1) is 9.47. The van der Waals surface area contributed by atoms with Crippen LogP contribution in [0.3, 0.4) is 0 Å². The molecule has 0 bridgehead atoms. The van der Waals surface area contributed by atoms with Gasteiger partial charge in [-0.25, -0.2) is 13.6 Å². The van der Waals surface area contributed by atoms with Gasteiger partial charge in [0.1, 0.15) is 11.6 Å². The number of carboxylic acids is 1. The molecule has 0 aromatic heterocycles. The number of carbonyl (C=O) groups is 1. The molecule has 0 aliphatic carbocycles. The zero-order valence-corrected chi connectivity index (χ0v) is 10.8. The molecule has 104 valence electrons. The standard InChI is InChI=1S/C15H13F2NO2/c1-9-6-10(15(19)20)2-5-14(9)18-8-11-7-12(16)3-4-13(11)17/h2-7,18H,8H2,1H3,(H,19,20). The largest absolute Gasteiger partial charge is 0.478 e. The minimum atomic E-state index is -1.00. The zero-order valence-electron chi connectivity index (χ0n) is 10.8. The van der Waals surface area contributed by atoms with Crippen molar-refractivity contribution in [2.45, 2.75) is 13.5 Å². The van der Waals surface area contributed by atoms with Gasteiger partial charge in [-0.05, 0) is 48.9 Å². The topological polar surface area (TPSA) is 49.3 Å². The number of halogens is 2. The monoisotopic (exact) mass is 277 g/mol. The van der Waals surface area contributed by atoms with Crippen molar-refractivity contribution in [2.24, 2.45) is 0 Å². The molecule has 0 heterocycles. The number of aromatic carboxylic acids is 1. The van der Waals surface area contributed by atoms with Crippen LogP contribution in [0.5, 0.6) is 0 Å². The third-order valence-corrected chi connectivity index (χ3v) is 2.95. The number of anilines is 1. The van der Waals surface area contributed by atoms with Crippen LogP contribution < -0.4 is 5.32 Å². The summed E-state index contributed by atoms with van der Waals surface area (Å²) in [6.07, 6.45) is 0. The normalized spacial score (nSPS) is 10.3. The molecular weight excluding hydrogens is 264 g/mol. The molecule has 3 nitrogen and oxygen atoms in total. The molecule has 5 heteroatoms. The molecule has 2 N–H and O–H groups in total. The maximum absolute atomic E-state index is 13.5. The van der Waals surface area contributed by atoms with E-state index in [1.165, 1.54) is 12.1 Å². The third kappa shape index (κ3) is 3.12. The number of nitrogens with one attached hydrogen (secondary N) is 1. The van der Waals surface area contributed by atoms with Gasteiger partial charge < -0.3 is 10.4 Å². The van der Waals surface area contributed by atoms with Crippen LogP contribution in [0.1, 0.15) is 21.5 Å². The molecule has 0 radical (unpaired) electrons. The minimum Gasteiger partial charge on any atom is -0.478 e. The maximum atomic E-state index is 13.5. The highest BCUT2D eigenvalue weighted by molar-refractivity contribution is 5.88. The minimum absolute atomic E-state index is 0.122. The Kier molecular flexibility index (Phi) is 3.98. The van der Waals surface area contributed by atoms with Gasteiger partial charge in [0.2, 0.25) is 0 Å². The maximum Gasteiger partial charge on any atom is 0.335 e. The van der Waals surface area contributed by atoms with Crippen molar-refractivity contribution in [3.05, 3.63) is 64.7 Å².